The van der Waals surface area contributed by atoms with Crippen molar-refractivity contribution in [2.45, 2.75) is 63.1 Å². The van der Waals surface area contributed by atoms with Crippen molar-refractivity contribution >= 4 is 0 Å². The Kier molecular flexibility index (Phi) is 3.96. The Balaban J connectivity index is 1.93. The minimum absolute atomic E-state index is 0.00509. The van der Waals surface area contributed by atoms with Gasteiger partial charge in [0.25, 0.3) is 6.04 Å². The summed E-state index contributed by atoms with van der Waals surface area (Å²) in [6.07, 6.45) is -0.830. The molecular formula is C13H18F3N. The van der Waals surface area contributed by atoms with Gasteiger partial charge in [-0.1, -0.05) is 0 Å². The standard InChI is InChI=1S/C13H18F3N/c1-17-13-5-2-8(6-12(13)16)10-4-3-9(14)7-11(10)15/h8-13H,2-7H2. The van der Waals surface area contributed by atoms with E-state index in [1.54, 1.807) is 0 Å². The summed E-state index contributed by atoms with van der Waals surface area (Å²) >= 11 is 0. The lowest BCUT2D eigenvalue weighted by Crippen LogP contribution is -2.38. The molecule has 0 heterocycles. The van der Waals surface area contributed by atoms with Gasteiger partial charge in [-0.2, -0.15) is 0 Å². The molecule has 0 spiro atoms. The number of alkyl halides is 3. The van der Waals surface area contributed by atoms with Gasteiger partial charge in [-0.3, -0.25) is 0 Å². The van der Waals surface area contributed by atoms with Crippen LogP contribution >= 0.6 is 0 Å². The fourth-order valence-corrected chi connectivity index (χ4v) is 3.29. The number of hydrogen-bond donors (Lipinski definition) is 0. The summed E-state index contributed by atoms with van der Waals surface area (Å²) in [6.45, 7) is 6.87. The molecule has 0 aliphatic heterocycles. The quantitative estimate of drug-likeness (QED) is 0.617. The first-order chi connectivity index (χ1) is 8.11. The van der Waals surface area contributed by atoms with Gasteiger partial charge in [0, 0.05) is 12.8 Å². The van der Waals surface area contributed by atoms with Crippen LogP contribution in [-0.2, 0) is 0 Å². The molecule has 6 atom stereocenters. The smallest absolute Gasteiger partial charge is 0.254 e. The summed E-state index contributed by atoms with van der Waals surface area (Å²) in [5.74, 6) is -0.183. The second-order valence-electron chi connectivity index (χ2n) is 5.38. The summed E-state index contributed by atoms with van der Waals surface area (Å²) in [7, 11) is 0. The SMILES string of the molecule is [C-]#[N+]C1CCC(C2CCC(F)CC2F)CC1F. The molecule has 0 radical (unpaired) electrons. The van der Waals surface area contributed by atoms with E-state index in [0.29, 0.717) is 19.3 Å². The lowest BCUT2D eigenvalue weighted by molar-refractivity contribution is 0.0370. The van der Waals surface area contributed by atoms with Gasteiger partial charge in [0.05, 0.1) is 0 Å². The van der Waals surface area contributed by atoms with Crippen LogP contribution < -0.4 is 0 Å². The third-order valence-electron chi connectivity index (χ3n) is 4.31. The van der Waals surface area contributed by atoms with Gasteiger partial charge >= 0.3 is 0 Å². The fraction of sp³-hybridized carbons (Fsp3) is 0.923. The van der Waals surface area contributed by atoms with Crippen LogP contribution in [0.15, 0.2) is 0 Å². The van der Waals surface area contributed by atoms with Gasteiger partial charge in [-0.15, -0.1) is 0 Å². The molecule has 0 aromatic heterocycles. The van der Waals surface area contributed by atoms with E-state index in [1.807, 2.05) is 0 Å². The first-order valence-electron chi connectivity index (χ1n) is 6.40. The number of hydrogen-bond acceptors (Lipinski definition) is 0. The molecule has 0 saturated heterocycles. The average Bonchev–Trinajstić information content (AvgIpc) is 2.29. The molecule has 17 heavy (non-hydrogen) atoms. The summed E-state index contributed by atoms with van der Waals surface area (Å²) in [5.41, 5.74) is 0. The van der Waals surface area contributed by atoms with E-state index in [9.17, 15) is 13.2 Å². The van der Waals surface area contributed by atoms with Gasteiger partial charge in [0.1, 0.15) is 12.3 Å². The van der Waals surface area contributed by atoms with Crippen molar-refractivity contribution in [3.05, 3.63) is 11.4 Å². The molecule has 0 bridgehead atoms. The van der Waals surface area contributed by atoms with Crippen molar-refractivity contribution < 1.29 is 13.2 Å². The molecule has 0 aromatic rings. The lowest BCUT2D eigenvalue weighted by Gasteiger charge is -2.37. The van der Waals surface area contributed by atoms with Crippen molar-refractivity contribution in [1.29, 1.82) is 0 Å². The van der Waals surface area contributed by atoms with E-state index in [0.717, 1.165) is 6.42 Å². The highest BCUT2D eigenvalue weighted by Crippen LogP contribution is 2.41. The minimum atomic E-state index is -1.12. The summed E-state index contributed by atoms with van der Waals surface area (Å²) in [6, 6.07) is -0.540. The van der Waals surface area contributed by atoms with Crippen LogP contribution in [-0.4, -0.2) is 24.6 Å². The lowest BCUT2D eigenvalue weighted by atomic mass is 9.71. The Labute approximate surface area is 100 Å². The van der Waals surface area contributed by atoms with Crippen LogP contribution in [0.25, 0.3) is 4.85 Å². The summed E-state index contributed by atoms with van der Waals surface area (Å²) in [5, 5.41) is 0. The highest BCUT2D eigenvalue weighted by Gasteiger charge is 2.42. The third-order valence-corrected chi connectivity index (χ3v) is 4.31. The molecule has 2 aliphatic carbocycles. The molecule has 4 heteroatoms. The van der Waals surface area contributed by atoms with E-state index in [-0.39, 0.29) is 24.7 Å². The topological polar surface area (TPSA) is 4.36 Å². The average molecular weight is 245 g/mol. The maximum absolute atomic E-state index is 13.8. The molecular weight excluding hydrogens is 227 g/mol. The van der Waals surface area contributed by atoms with Crippen LogP contribution in [0, 0.1) is 18.4 Å². The molecule has 2 saturated carbocycles. The molecule has 1 nitrogen and oxygen atoms in total. The van der Waals surface area contributed by atoms with E-state index in [4.69, 9.17) is 6.57 Å². The van der Waals surface area contributed by atoms with Gasteiger partial charge in [-0.05, 0) is 37.5 Å². The maximum Gasteiger partial charge on any atom is 0.254 e. The fourth-order valence-electron chi connectivity index (χ4n) is 3.29. The Hall–Kier alpha value is -0.720. The highest BCUT2D eigenvalue weighted by molar-refractivity contribution is 4.95. The molecule has 2 aliphatic rings. The van der Waals surface area contributed by atoms with Gasteiger partial charge in [0.15, 0.2) is 6.17 Å². The molecule has 0 N–H and O–H groups in total. The number of halogens is 3. The van der Waals surface area contributed by atoms with Gasteiger partial charge < -0.3 is 4.85 Å². The molecule has 6 unspecified atom stereocenters. The van der Waals surface area contributed by atoms with E-state index >= 15 is 0 Å². The first kappa shape index (κ1) is 12.7. The Morgan fingerprint density at radius 2 is 1.65 bits per heavy atom. The van der Waals surface area contributed by atoms with Crippen LogP contribution in [0.5, 0.6) is 0 Å². The van der Waals surface area contributed by atoms with Crippen LogP contribution in [0.4, 0.5) is 13.2 Å². The summed E-state index contributed by atoms with van der Waals surface area (Å²) in [4.78, 5) is 3.26. The van der Waals surface area contributed by atoms with Crippen molar-refractivity contribution in [1.82, 2.24) is 0 Å². The first-order valence-corrected chi connectivity index (χ1v) is 6.40. The van der Waals surface area contributed by atoms with Crippen LogP contribution in [0.1, 0.15) is 38.5 Å². The summed E-state index contributed by atoms with van der Waals surface area (Å²) < 4.78 is 40.4. The van der Waals surface area contributed by atoms with Crippen molar-refractivity contribution in [3.63, 3.8) is 0 Å². The zero-order chi connectivity index (χ0) is 12.4. The van der Waals surface area contributed by atoms with Crippen molar-refractivity contribution in [3.8, 4) is 0 Å². The third kappa shape index (κ3) is 2.75. The Morgan fingerprint density at radius 1 is 0.882 bits per heavy atom. The zero-order valence-corrected chi connectivity index (χ0v) is 9.79. The van der Waals surface area contributed by atoms with Gasteiger partial charge in [0.2, 0.25) is 0 Å². The minimum Gasteiger partial charge on any atom is -0.310 e. The van der Waals surface area contributed by atoms with Crippen LogP contribution in [0.3, 0.4) is 0 Å². The highest BCUT2D eigenvalue weighted by atomic mass is 19.1. The van der Waals surface area contributed by atoms with Gasteiger partial charge in [-0.25, -0.2) is 19.7 Å². The molecule has 2 rings (SSSR count). The largest absolute Gasteiger partial charge is 0.310 e. The molecule has 96 valence electrons. The molecule has 0 aromatic carbocycles. The predicted molar refractivity (Wildman–Crippen MR) is 59.8 cm³/mol. The Bertz CT molecular complexity index is 302. The Morgan fingerprint density at radius 3 is 2.24 bits per heavy atom. The second-order valence-corrected chi connectivity index (χ2v) is 5.38. The number of nitrogens with zero attached hydrogens (tertiary/aromatic N) is 1. The molecule has 2 fully saturated rings. The van der Waals surface area contributed by atoms with E-state index in [2.05, 4.69) is 4.85 Å². The van der Waals surface area contributed by atoms with Crippen LogP contribution in [0.2, 0.25) is 0 Å². The van der Waals surface area contributed by atoms with E-state index < -0.39 is 24.6 Å². The zero-order valence-electron chi connectivity index (χ0n) is 9.79. The normalized spacial score (nSPS) is 47.4. The second kappa shape index (κ2) is 5.29. The van der Waals surface area contributed by atoms with Crippen molar-refractivity contribution in [2.75, 3.05) is 0 Å². The monoisotopic (exact) mass is 245 g/mol. The van der Waals surface area contributed by atoms with Crippen molar-refractivity contribution in [2.24, 2.45) is 11.8 Å². The predicted octanol–water partition coefficient (Wildman–Crippen LogP) is 3.89. The molecule has 0 amide bonds. The number of rotatable bonds is 1. The van der Waals surface area contributed by atoms with E-state index in [1.165, 1.54) is 0 Å². The maximum atomic E-state index is 13.8.